The van der Waals surface area contributed by atoms with Gasteiger partial charge in [-0.05, 0) is 46.6 Å². The molecule has 0 radical (unpaired) electrons. The average Bonchev–Trinajstić information content (AvgIpc) is 2.76. The Kier molecular flexibility index (Phi) is 4.80. The highest BCUT2D eigenvalue weighted by atomic mass is 79.9. The van der Waals surface area contributed by atoms with Gasteiger partial charge in [-0.3, -0.25) is 4.79 Å². The van der Waals surface area contributed by atoms with E-state index in [2.05, 4.69) is 15.9 Å². The van der Waals surface area contributed by atoms with Gasteiger partial charge >= 0.3 is 0 Å². The number of amides is 1. The van der Waals surface area contributed by atoms with E-state index in [1.807, 2.05) is 25.1 Å². The molecule has 1 aromatic heterocycles. The first-order chi connectivity index (χ1) is 9.54. The predicted octanol–water partition coefficient (Wildman–Crippen LogP) is 3.04. The SMILES string of the molecule is Cc1cc(C(=O)N(CCO)c2ccccc2N)sc1Br. The molecule has 0 fully saturated rings. The number of benzene rings is 1. The topological polar surface area (TPSA) is 66.6 Å². The molecule has 0 aliphatic heterocycles. The molecule has 20 heavy (non-hydrogen) atoms. The van der Waals surface area contributed by atoms with Gasteiger partial charge in [-0.1, -0.05) is 12.1 Å². The first-order valence-corrected chi connectivity index (χ1v) is 7.68. The first kappa shape index (κ1) is 15.0. The Labute approximate surface area is 130 Å². The molecule has 0 bridgehead atoms. The number of carbonyl (C=O) groups is 1. The molecule has 3 N–H and O–H groups in total. The van der Waals surface area contributed by atoms with Crippen LogP contribution in [0.5, 0.6) is 0 Å². The lowest BCUT2D eigenvalue weighted by molar-refractivity contribution is 0.0985. The minimum Gasteiger partial charge on any atom is -0.397 e. The second-order valence-electron chi connectivity index (χ2n) is 4.31. The monoisotopic (exact) mass is 354 g/mol. The molecular weight excluding hydrogens is 340 g/mol. The van der Waals surface area contributed by atoms with Crippen molar-refractivity contribution in [1.29, 1.82) is 0 Å². The number of para-hydroxylation sites is 2. The number of carbonyl (C=O) groups excluding carboxylic acids is 1. The number of aryl methyl sites for hydroxylation is 1. The van der Waals surface area contributed by atoms with E-state index in [4.69, 9.17) is 5.73 Å². The second-order valence-corrected chi connectivity index (χ2v) is 6.68. The van der Waals surface area contributed by atoms with Crippen LogP contribution in [0.15, 0.2) is 34.1 Å². The van der Waals surface area contributed by atoms with E-state index in [9.17, 15) is 9.90 Å². The van der Waals surface area contributed by atoms with E-state index in [1.165, 1.54) is 16.2 Å². The number of nitrogens with zero attached hydrogens (tertiary/aromatic N) is 1. The van der Waals surface area contributed by atoms with Crippen LogP contribution in [-0.2, 0) is 0 Å². The highest BCUT2D eigenvalue weighted by Gasteiger charge is 2.21. The molecule has 6 heteroatoms. The molecule has 0 aliphatic carbocycles. The van der Waals surface area contributed by atoms with Crippen molar-refractivity contribution < 1.29 is 9.90 Å². The van der Waals surface area contributed by atoms with E-state index >= 15 is 0 Å². The van der Waals surface area contributed by atoms with Gasteiger partial charge in [-0.2, -0.15) is 0 Å². The number of nitrogens with two attached hydrogens (primary N) is 1. The van der Waals surface area contributed by atoms with Gasteiger partial charge in [0.1, 0.15) is 0 Å². The number of rotatable bonds is 4. The summed E-state index contributed by atoms with van der Waals surface area (Å²) in [4.78, 5) is 14.7. The summed E-state index contributed by atoms with van der Waals surface area (Å²) in [6.07, 6.45) is 0. The predicted molar refractivity (Wildman–Crippen MR) is 86.4 cm³/mol. The minimum absolute atomic E-state index is 0.119. The highest BCUT2D eigenvalue weighted by Crippen LogP contribution is 2.30. The largest absolute Gasteiger partial charge is 0.397 e. The summed E-state index contributed by atoms with van der Waals surface area (Å²) in [6.45, 7) is 2.03. The Bertz CT molecular complexity index is 608. The maximum atomic E-state index is 12.6. The third kappa shape index (κ3) is 3.03. The van der Waals surface area contributed by atoms with Gasteiger partial charge in [-0.25, -0.2) is 0 Å². The van der Waals surface area contributed by atoms with Crippen molar-refractivity contribution in [3.8, 4) is 0 Å². The molecule has 0 atom stereocenters. The number of aliphatic hydroxyl groups excluding tert-OH is 1. The normalized spacial score (nSPS) is 10.6. The standard InChI is InChI=1S/C14H15BrN2O2S/c1-9-8-12(20-13(9)15)14(19)17(6-7-18)11-5-3-2-4-10(11)16/h2-5,8,18H,6-7,16H2,1H3. The molecule has 2 aromatic rings. The van der Waals surface area contributed by atoms with Crippen molar-refractivity contribution >= 4 is 44.5 Å². The fraction of sp³-hybridized carbons (Fsp3) is 0.214. The van der Waals surface area contributed by atoms with Gasteiger partial charge < -0.3 is 15.7 Å². The molecule has 106 valence electrons. The van der Waals surface area contributed by atoms with Crippen LogP contribution in [0.25, 0.3) is 0 Å². The van der Waals surface area contributed by atoms with Crippen molar-refractivity contribution in [2.24, 2.45) is 0 Å². The van der Waals surface area contributed by atoms with Gasteiger partial charge in [0.2, 0.25) is 0 Å². The van der Waals surface area contributed by atoms with Crippen LogP contribution in [0, 0.1) is 6.92 Å². The lowest BCUT2D eigenvalue weighted by atomic mass is 10.2. The second kappa shape index (κ2) is 6.39. The average molecular weight is 355 g/mol. The fourth-order valence-electron chi connectivity index (χ4n) is 1.86. The zero-order valence-corrected chi connectivity index (χ0v) is 13.4. The summed E-state index contributed by atoms with van der Waals surface area (Å²) in [5, 5.41) is 9.20. The number of anilines is 2. The number of hydrogen-bond donors (Lipinski definition) is 2. The molecule has 0 saturated heterocycles. The van der Waals surface area contributed by atoms with Crippen LogP contribution < -0.4 is 10.6 Å². The number of halogens is 1. The lowest BCUT2D eigenvalue weighted by Gasteiger charge is -2.22. The number of hydrogen-bond acceptors (Lipinski definition) is 4. The summed E-state index contributed by atoms with van der Waals surface area (Å²) >= 11 is 4.80. The lowest BCUT2D eigenvalue weighted by Crippen LogP contribution is -2.33. The summed E-state index contributed by atoms with van der Waals surface area (Å²) in [5.41, 5.74) is 8.07. The zero-order chi connectivity index (χ0) is 14.7. The van der Waals surface area contributed by atoms with Crippen molar-refractivity contribution in [3.05, 3.63) is 44.6 Å². The van der Waals surface area contributed by atoms with E-state index in [1.54, 1.807) is 12.1 Å². The molecule has 0 aliphatic rings. The third-order valence-electron chi connectivity index (χ3n) is 2.86. The molecule has 2 rings (SSSR count). The van der Waals surface area contributed by atoms with Crippen LogP contribution in [0.1, 0.15) is 15.2 Å². The first-order valence-electron chi connectivity index (χ1n) is 6.07. The molecular formula is C14H15BrN2O2S. The van der Waals surface area contributed by atoms with Crippen molar-refractivity contribution in [2.45, 2.75) is 6.92 Å². The molecule has 1 aromatic carbocycles. The Morgan fingerprint density at radius 3 is 2.70 bits per heavy atom. The van der Waals surface area contributed by atoms with E-state index < -0.39 is 0 Å². The zero-order valence-electron chi connectivity index (χ0n) is 11.0. The smallest absolute Gasteiger partial charge is 0.268 e. The Balaban J connectivity index is 2.38. The van der Waals surface area contributed by atoms with Crippen molar-refractivity contribution in [2.75, 3.05) is 23.8 Å². The van der Waals surface area contributed by atoms with Crippen molar-refractivity contribution in [1.82, 2.24) is 0 Å². The highest BCUT2D eigenvalue weighted by molar-refractivity contribution is 9.11. The van der Waals surface area contributed by atoms with Crippen LogP contribution in [0.2, 0.25) is 0 Å². The Hall–Kier alpha value is -1.37. The Morgan fingerprint density at radius 1 is 1.45 bits per heavy atom. The third-order valence-corrected chi connectivity index (χ3v) is 4.99. The summed E-state index contributed by atoms with van der Waals surface area (Å²) in [6, 6.07) is 8.98. The molecule has 4 nitrogen and oxygen atoms in total. The van der Waals surface area contributed by atoms with Crippen LogP contribution >= 0.6 is 27.3 Å². The van der Waals surface area contributed by atoms with Gasteiger partial charge in [0.25, 0.3) is 5.91 Å². The summed E-state index contributed by atoms with van der Waals surface area (Å²) < 4.78 is 0.936. The summed E-state index contributed by atoms with van der Waals surface area (Å²) in [7, 11) is 0. The van der Waals surface area contributed by atoms with Crippen LogP contribution in [0.4, 0.5) is 11.4 Å². The van der Waals surface area contributed by atoms with Gasteiger partial charge in [0.15, 0.2) is 0 Å². The quantitative estimate of drug-likeness (QED) is 0.829. The number of nitrogen functional groups attached to an aromatic ring is 1. The van der Waals surface area contributed by atoms with Gasteiger partial charge in [0.05, 0.1) is 26.6 Å². The van der Waals surface area contributed by atoms with E-state index in [0.717, 1.165) is 9.35 Å². The number of aliphatic hydroxyl groups is 1. The van der Waals surface area contributed by atoms with Gasteiger partial charge in [-0.15, -0.1) is 11.3 Å². The Morgan fingerprint density at radius 2 is 2.15 bits per heavy atom. The summed E-state index contributed by atoms with van der Waals surface area (Å²) in [5.74, 6) is -0.157. The minimum atomic E-state index is -0.157. The molecule has 0 spiro atoms. The van der Waals surface area contributed by atoms with E-state index in [0.29, 0.717) is 16.3 Å². The fourth-order valence-corrected chi connectivity index (χ4v) is 3.35. The molecule has 0 saturated carbocycles. The van der Waals surface area contributed by atoms with Crippen molar-refractivity contribution in [3.63, 3.8) is 0 Å². The van der Waals surface area contributed by atoms with Crippen LogP contribution in [-0.4, -0.2) is 24.2 Å². The molecule has 1 amide bonds. The molecule has 1 heterocycles. The van der Waals surface area contributed by atoms with Crippen LogP contribution in [0.3, 0.4) is 0 Å². The molecule has 0 unspecified atom stereocenters. The number of thiophene rings is 1. The van der Waals surface area contributed by atoms with E-state index in [-0.39, 0.29) is 19.1 Å². The maximum absolute atomic E-state index is 12.6. The van der Waals surface area contributed by atoms with Gasteiger partial charge in [0, 0.05) is 6.54 Å². The maximum Gasteiger partial charge on any atom is 0.268 e.